The molecule has 0 heterocycles. The van der Waals surface area contributed by atoms with Crippen LogP contribution in [0, 0.1) is 6.92 Å². The number of hydrogen-bond acceptors (Lipinski definition) is 3. The van der Waals surface area contributed by atoms with Crippen molar-refractivity contribution in [2.75, 3.05) is 20.2 Å². The van der Waals surface area contributed by atoms with Crippen LogP contribution in [0.15, 0.2) is 24.3 Å². The van der Waals surface area contributed by atoms with Crippen molar-refractivity contribution < 1.29 is 9.90 Å². The third kappa shape index (κ3) is 3.65. The number of ketones is 1. The van der Waals surface area contributed by atoms with E-state index in [0.717, 1.165) is 11.1 Å². The summed E-state index contributed by atoms with van der Waals surface area (Å²) in [6.07, 6.45) is 0. The summed E-state index contributed by atoms with van der Waals surface area (Å²) in [6, 6.07) is 7.58. The second-order valence-corrected chi connectivity index (χ2v) is 5.12. The van der Waals surface area contributed by atoms with Crippen molar-refractivity contribution in [3.05, 3.63) is 35.4 Å². The maximum Gasteiger partial charge on any atom is 0.176 e. The molecule has 3 heteroatoms. The van der Waals surface area contributed by atoms with E-state index in [1.807, 2.05) is 57.0 Å². The highest BCUT2D eigenvalue weighted by Crippen LogP contribution is 2.12. The number of rotatable bonds is 5. The van der Waals surface area contributed by atoms with Gasteiger partial charge in [0.25, 0.3) is 0 Å². The smallest absolute Gasteiger partial charge is 0.176 e. The van der Waals surface area contributed by atoms with Gasteiger partial charge in [0.2, 0.25) is 0 Å². The van der Waals surface area contributed by atoms with E-state index < -0.39 is 0 Å². The summed E-state index contributed by atoms with van der Waals surface area (Å²) >= 11 is 0. The van der Waals surface area contributed by atoms with Crippen LogP contribution in [0.3, 0.4) is 0 Å². The van der Waals surface area contributed by atoms with Crippen LogP contribution >= 0.6 is 0 Å². The molecule has 0 saturated heterocycles. The number of nitrogens with zero attached hydrogens (tertiary/aromatic N) is 1. The number of aliphatic hydroxyl groups is 1. The van der Waals surface area contributed by atoms with Gasteiger partial charge in [-0.1, -0.05) is 23.8 Å². The van der Waals surface area contributed by atoms with E-state index in [0.29, 0.717) is 6.54 Å². The largest absolute Gasteiger partial charge is 0.394 e. The number of benzene rings is 1. The van der Waals surface area contributed by atoms with E-state index in [9.17, 15) is 9.90 Å². The lowest BCUT2D eigenvalue weighted by Crippen LogP contribution is -2.46. The molecule has 0 fully saturated rings. The van der Waals surface area contributed by atoms with Crippen LogP contribution < -0.4 is 0 Å². The quantitative estimate of drug-likeness (QED) is 0.792. The number of hydrogen-bond donors (Lipinski definition) is 1. The third-order valence-corrected chi connectivity index (χ3v) is 3.14. The first-order chi connectivity index (χ1) is 7.86. The lowest BCUT2D eigenvalue weighted by molar-refractivity contribution is 0.0659. The first-order valence-electron chi connectivity index (χ1n) is 5.79. The fraction of sp³-hybridized carbons (Fsp3) is 0.500. The van der Waals surface area contributed by atoms with E-state index >= 15 is 0 Å². The van der Waals surface area contributed by atoms with Crippen molar-refractivity contribution in [1.29, 1.82) is 0 Å². The van der Waals surface area contributed by atoms with Crippen molar-refractivity contribution in [3.8, 4) is 0 Å². The predicted molar refractivity (Wildman–Crippen MR) is 69.3 cm³/mol. The Kier molecular flexibility index (Phi) is 4.43. The molecule has 1 rings (SSSR count). The highest BCUT2D eigenvalue weighted by molar-refractivity contribution is 5.97. The van der Waals surface area contributed by atoms with Gasteiger partial charge in [0.15, 0.2) is 5.78 Å². The summed E-state index contributed by atoms with van der Waals surface area (Å²) in [5.74, 6) is 0.0812. The zero-order valence-corrected chi connectivity index (χ0v) is 11.0. The molecule has 0 bridgehead atoms. The number of aryl methyl sites for hydroxylation is 1. The van der Waals surface area contributed by atoms with Gasteiger partial charge in [-0.05, 0) is 33.9 Å². The van der Waals surface area contributed by atoms with Gasteiger partial charge in [-0.2, -0.15) is 0 Å². The van der Waals surface area contributed by atoms with Crippen LogP contribution in [0.1, 0.15) is 29.8 Å². The molecular weight excluding hydrogens is 214 g/mol. The molecule has 1 aromatic carbocycles. The molecule has 1 aromatic rings. The van der Waals surface area contributed by atoms with Gasteiger partial charge in [-0.25, -0.2) is 0 Å². The highest BCUT2D eigenvalue weighted by Gasteiger charge is 2.24. The van der Waals surface area contributed by atoms with Gasteiger partial charge < -0.3 is 5.11 Å². The fourth-order valence-corrected chi connectivity index (χ4v) is 1.46. The number of Topliss-reactive ketones (excluding diaryl/α,β-unsaturated/α-hetero) is 1. The van der Waals surface area contributed by atoms with E-state index in [1.54, 1.807) is 0 Å². The Hall–Kier alpha value is -1.19. The van der Waals surface area contributed by atoms with Crippen LogP contribution in [0.25, 0.3) is 0 Å². The standard InChI is InChI=1S/C14H21NO2/c1-11-6-5-7-12(8-11)13(17)9-15(4)14(2,3)10-16/h5-8,16H,9-10H2,1-4H3. The summed E-state index contributed by atoms with van der Waals surface area (Å²) in [5, 5.41) is 9.24. The van der Waals surface area contributed by atoms with Crippen molar-refractivity contribution in [2.24, 2.45) is 0 Å². The van der Waals surface area contributed by atoms with E-state index in [4.69, 9.17) is 0 Å². The molecule has 0 unspecified atom stereocenters. The van der Waals surface area contributed by atoms with Gasteiger partial charge in [-0.3, -0.25) is 9.69 Å². The van der Waals surface area contributed by atoms with E-state index in [2.05, 4.69) is 0 Å². The fourth-order valence-electron chi connectivity index (χ4n) is 1.46. The molecule has 1 N–H and O–H groups in total. The Balaban J connectivity index is 2.73. The molecule has 0 radical (unpaired) electrons. The summed E-state index contributed by atoms with van der Waals surface area (Å²) in [7, 11) is 1.85. The van der Waals surface area contributed by atoms with Gasteiger partial charge in [-0.15, -0.1) is 0 Å². The summed E-state index contributed by atoms with van der Waals surface area (Å²) in [6.45, 7) is 6.15. The molecule has 0 aliphatic heterocycles. The minimum Gasteiger partial charge on any atom is -0.394 e. The minimum atomic E-state index is -0.376. The number of carbonyl (C=O) groups excluding carboxylic acids is 1. The summed E-state index contributed by atoms with van der Waals surface area (Å²) in [5.41, 5.74) is 1.44. The molecule has 0 aromatic heterocycles. The Labute approximate surface area is 103 Å². The Morgan fingerprint density at radius 3 is 2.59 bits per heavy atom. The SMILES string of the molecule is Cc1cccc(C(=O)CN(C)C(C)(C)CO)c1. The van der Waals surface area contributed by atoms with Crippen LogP contribution in [-0.4, -0.2) is 41.5 Å². The Bertz CT molecular complexity index is 399. The highest BCUT2D eigenvalue weighted by atomic mass is 16.3. The molecule has 0 aliphatic carbocycles. The first kappa shape index (κ1) is 13.9. The molecule has 0 saturated carbocycles. The lowest BCUT2D eigenvalue weighted by Gasteiger charge is -2.33. The van der Waals surface area contributed by atoms with Crippen LogP contribution in [0.2, 0.25) is 0 Å². The maximum absolute atomic E-state index is 12.0. The molecule has 94 valence electrons. The zero-order chi connectivity index (χ0) is 13.1. The number of aliphatic hydroxyl groups excluding tert-OH is 1. The average Bonchev–Trinajstić information content (AvgIpc) is 2.28. The Morgan fingerprint density at radius 1 is 1.41 bits per heavy atom. The number of likely N-dealkylation sites (N-methyl/N-ethyl adjacent to an activating group) is 1. The summed E-state index contributed by atoms with van der Waals surface area (Å²) in [4.78, 5) is 13.9. The van der Waals surface area contributed by atoms with Crippen molar-refractivity contribution in [3.63, 3.8) is 0 Å². The van der Waals surface area contributed by atoms with E-state index in [1.165, 1.54) is 0 Å². The Morgan fingerprint density at radius 2 is 2.06 bits per heavy atom. The molecule has 0 atom stereocenters. The molecule has 0 amide bonds. The van der Waals surface area contributed by atoms with Crippen molar-refractivity contribution in [1.82, 2.24) is 4.90 Å². The van der Waals surface area contributed by atoms with Gasteiger partial charge >= 0.3 is 0 Å². The van der Waals surface area contributed by atoms with E-state index in [-0.39, 0.29) is 17.9 Å². The average molecular weight is 235 g/mol. The molecular formula is C14H21NO2. The van der Waals surface area contributed by atoms with Gasteiger partial charge in [0, 0.05) is 11.1 Å². The zero-order valence-electron chi connectivity index (χ0n) is 11.0. The minimum absolute atomic E-state index is 0.0323. The van der Waals surface area contributed by atoms with Crippen LogP contribution in [0.5, 0.6) is 0 Å². The number of carbonyl (C=O) groups is 1. The normalized spacial score (nSPS) is 11.9. The monoisotopic (exact) mass is 235 g/mol. The van der Waals surface area contributed by atoms with Crippen LogP contribution in [0.4, 0.5) is 0 Å². The molecule has 3 nitrogen and oxygen atoms in total. The van der Waals surface area contributed by atoms with Crippen molar-refractivity contribution in [2.45, 2.75) is 26.3 Å². The van der Waals surface area contributed by atoms with Gasteiger partial charge in [0.05, 0.1) is 13.2 Å². The molecule has 0 aliphatic rings. The summed E-state index contributed by atoms with van der Waals surface area (Å²) < 4.78 is 0. The maximum atomic E-state index is 12.0. The topological polar surface area (TPSA) is 40.5 Å². The van der Waals surface area contributed by atoms with Gasteiger partial charge in [0.1, 0.15) is 0 Å². The third-order valence-electron chi connectivity index (χ3n) is 3.14. The molecule has 17 heavy (non-hydrogen) atoms. The predicted octanol–water partition coefficient (Wildman–Crippen LogP) is 1.88. The second-order valence-electron chi connectivity index (χ2n) is 5.12. The second kappa shape index (κ2) is 5.43. The van der Waals surface area contributed by atoms with Crippen LogP contribution in [-0.2, 0) is 0 Å². The lowest BCUT2D eigenvalue weighted by atomic mass is 10.0. The molecule has 0 spiro atoms. The first-order valence-corrected chi connectivity index (χ1v) is 5.79. The van der Waals surface area contributed by atoms with Crippen molar-refractivity contribution >= 4 is 5.78 Å².